The maximum absolute atomic E-state index is 11.4. The molecule has 0 aromatic heterocycles. The molecule has 7 nitrogen and oxygen atoms in total. The Morgan fingerprint density at radius 2 is 2.27 bits per heavy atom. The normalized spacial score (nSPS) is 17.0. The van der Waals surface area contributed by atoms with E-state index in [-0.39, 0.29) is 12.6 Å². The van der Waals surface area contributed by atoms with Gasteiger partial charge in [0.2, 0.25) is 5.91 Å². The first-order valence-electron chi connectivity index (χ1n) is 6.91. The second kappa shape index (κ2) is 7.86. The molecule has 3 amide bonds. The fourth-order valence-electron chi connectivity index (χ4n) is 2.08. The number of carbonyl (C=O) groups excluding carboxylic acids is 2. The minimum Gasteiger partial charge on any atom is -0.489 e. The van der Waals surface area contributed by atoms with Crippen molar-refractivity contribution in [3.63, 3.8) is 0 Å². The van der Waals surface area contributed by atoms with Gasteiger partial charge in [-0.15, -0.1) is 0 Å². The van der Waals surface area contributed by atoms with E-state index in [1.807, 2.05) is 5.32 Å². The lowest BCUT2D eigenvalue weighted by molar-refractivity contribution is -0.118. The number of benzene rings is 1. The van der Waals surface area contributed by atoms with Gasteiger partial charge < -0.3 is 20.5 Å². The van der Waals surface area contributed by atoms with Crippen LogP contribution in [0.25, 0.3) is 0 Å². The zero-order valence-electron chi connectivity index (χ0n) is 11.9. The largest absolute Gasteiger partial charge is 0.489 e. The zero-order chi connectivity index (χ0) is 15.9. The monoisotopic (exact) mass is 327 g/mol. The van der Waals surface area contributed by atoms with Gasteiger partial charge in [-0.2, -0.15) is 0 Å². The summed E-state index contributed by atoms with van der Waals surface area (Å²) in [5.41, 5.74) is 5.44. The molecule has 1 atom stereocenters. The molecule has 0 unspecified atom stereocenters. The molecule has 120 valence electrons. The summed E-state index contributed by atoms with van der Waals surface area (Å²) < 4.78 is 11.2. The summed E-state index contributed by atoms with van der Waals surface area (Å²) in [5.74, 6) is 0.0179. The van der Waals surface area contributed by atoms with E-state index in [9.17, 15) is 9.59 Å². The van der Waals surface area contributed by atoms with Crippen molar-refractivity contribution < 1.29 is 19.1 Å². The van der Waals surface area contributed by atoms with Crippen LogP contribution in [0.2, 0.25) is 5.02 Å². The van der Waals surface area contributed by atoms with Gasteiger partial charge in [-0.3, -0.25) is 10.1 Å². The van der Waals surface area contributed by atoms with E-state index in [1.54, 1.807) is 18.2 Å². The van der Waals surface area contributed by atoms with Crippen molar-refractivity contribution in [1.29, 1.82) is 0 Å². The van der Waals surface area contributed by atoms with Crippen LogP contribution >= 0.6 is 11.6 Å². The zero-order valence-corrected chi connectivity index (χ0v) is 12.7. The highest BCUT2D eigenvalue weighted by Crippen LogP contribution is 2.28. The first kappa shape index (κ1) is 16.4. The Labute approximate surface area is 133 Å². The van der Waals surface area contributed by atoms with E-state index in [1.165, 1.54) is 0 Å². The number of primary amides is 1. The highest BCUT2D eigenvalue weighted by atomic mass is 35.5. The number of rotatable bonds is 6. The van der Waals surface area contributed by atoms with Crippen LogP contribution in [0.3, 0.4) is 0 Å². The first-order chi connectivity index (χ1) is 10.5. The number of halogens is 1. The third-order valence-corrected chi connectivity index (χ3v) is 3.33. The molecule has 4 N–H and O–H groups in total. The van der Waals surface area contributed by atoms with Gasteiger partial charge in [-0.1, -0.05) is 11.6 Å². The van der Waals surface area contributed by atoms with Crippen LogP contribution in [0.1, 0.15) is 12.8 Å². The number of ether oxygens (including phenoxy) is 2. The number of hydrogen-bond donors (Lipinski definition) is 3. The highest BCUT2D eigenvalue weighted by molar-refractivity contribution is 6.30. The molecule has 22 heavy (non-hydrogen) atoms. The van der Waals surface area contributed by atoms with E-state index in [2.05, 4.69) is 5.32 Å². The Kier molecular flexibility index (Phi) is 5.85. The average Bonchev–Trinajstić information content (AvgIpc) is 2.96. The van der Waals surface area contributed by atoms with E-state index in [4.69, 9.17) is 26.8 Å². The van der Waals surface area contributed by atoms with Crippen LogP contribution in [-0.4, -0.2) is 37.8 Å². The van der Waals surface area contributed by atoms with Gasteiger partial charge in [0.1, 0.15) is 12.4 Å². The molecule has 1 aromatic rings. The minimum absolute atomic E-state index is 0.0849. The molecule has 1 aliphatic heterocycles. The SMILES string of the molecule is NC(=O)NC(=O)CNc1cc(Cl)ccc1OC[C@@H]1CCCO1. The highest BCUT2D eigenvalue weighted by Gasteiger charge is 2.17. The van der Waals surface area contributed by atoms with Crippen molar-refractivity contribution in [1.82, 2.24) is 5.32 Å². The summed E-state index contributed by atoms with van der Waals surface area (Å²) in [6.07, 6.45) is 2.09. The summed E-state index contributed by atoms with van der Waals surface area (Å²) >= 11 is 5.95. The molecule has 1 fully saturated rings. The number of hydrogen-bond acceptors (Lipinski definition) is 5. The second-order valence-corrected chi connectivity index (χ2v) is 5.29. The Hall–Kier alpha value is -1.99. The van der Waals surface area contributed by atoms with E-state index >= 15 is 0 Å². The third kappa shape index (κ3) is 5.09. The van der Waals surface area contributed by atoms with Crippen LogP contribution in [0, 0.1) is 0 Å². The van der Waals surface area contributed by atoms with Gasteiger partial charge in [-0.25, -0.2) is 4.79 Å². The van der Waals surface area contributed by atoms with Gasteiger partial charge >= 0.3 is 6.03 Å². The summed E-state index contributed by atoms with van der Waals surface area (Å²) in [7, 11) is 0. The van der Waals surface area contributed by atoms with Crippen LogP contribution in [0.4, 0.5) is 10.5 Å². The van der Waals surface area contributed by atoms with Crippen LogP contribution in [0.15, 0.2) is 18.2 Å². The molecule has 1 aliphatic rings. The Bertz CT molecular complexity index is 547. The lowest BCUT2D eigenvalue weighted by Crippen LogP contribution is -2.38. The van der Waals surface area contributed by atoms with Crippen molar-refractivity contribution in [3.05, 3.63) is 23.2 Å². The predicted molar refractivity (Wildman–Crippen MR) is 82.1 cm³/mol. The minimum atomic E-state index is -0.896. The molecule has 0 aliphatic carbocycles. The van der Waals surface area contributed by atoms with Gasteiger partial charge in [0.25, 0.3) is 0 Å². The summed E-state index contributed by atoms with van der Waals surface area (Å²) in [4.78, 5) is 22.0. The first-order valence-corrected chi connectivity index (χ1v) is 7.29. The molecule has 0 radical (unpaired) electrons. The Morgan fingerprint density at radius 3 is 2.95 bits per heavy atom. The van der Waals surface area contributed by atoms with Crippen molar-refractivity contribution in [2.75, 3.05) is 25.1 Å². The maximum Gasteiger partial charge on any atom is 0.318 e. The number of imide groups is 1. The van der Waals surface area contributed by atoms with E-state index < -0.39 is 11.9 Å². The lowest BCUT2D eigenvalue weighted by atomic mass is 10.2. The smallest absolute Gasteiger partial charge is 0.318 e. The molecular weight excluding hydrogens is 310 g/mol. The molecule has 2 rings (SSSR count). The lowest BCUT2D eigenvalue weighted by Gasteiger charge is -2.15. The molecule has 0 saturated carbocycles. The third-order valence-electron chi connectivity index (χ3n) is 3.09. The fraction of sp³-hybridized carbons (Fsp3) is 0.429. The molecular formula is C14H18ClN3O4. The second-order valence-electron chi connectivity index (χ2n) is 4.85. The Balaban J connectivity index is 1.94. The van der Waals surface area contributed by atoms with Crippen molar-refractivity contribution in [3.8, 4) is 5.75 Å². The number of nitrogens with one attached hydrogen (secondary N) is 2. The fourth-order valence-corrected chi connectivity index (χ4v) is 2.25. The molecule has 8 heteroatoms. The number of urea groups is 1. The van der Waals surface area contributed by atoms with Crippen molar-refractivity contribution >= 4 is 29.2 Å². The van der Waals surface area contributed by atoms with Gasteiger partial charge in [0, 0.05) is 11.6 Å². The summed E-state index contributed by atoms with van der Waals surface area (Å²) in [6, 6.07) is 4.16. The Morgan fingerprint density at radius 1 is 1.45 bits per heavy atom. The number of carbonyl (C=O) groups is 2. The number of amides is 3. The molecule has 1 heterocycles. The number of anilines is 1. The molecule has 0 spiro atoms. The summed E-state index contributed by atoms with van der Waals surface area (Å²) in [6.45, 7) is 1.07. The van der Waals surface area contributed by atoms with Gasteiger partial charge in [-0.05, 0) is 31.0 Å². The van der Waals surface area contributed by atoms with E-state index in [0.717, 1.165) is 19.4 Å². The van der Waals surface area contributed by atoms with Crippen LogP contribution < -0.4 is 21.1 Å². The summed E-state index contributed by atoms with van der Waals surface area (Å²) in [5, 5.41) is 5.33. The molecule has 1 aromatic carbocycles. The predicted octanol–water partition coefficient (Wildman–Crippen LogP) is 1.50. The number of nitrogens with two attached hydrogens (primary N) is 1. The van der Waals surface area contributed by atoms with E-state index in [0.29, 0.717) is 23.1 Å². The standard InChI is InChI=1S/C14H18ClN3O4/c15-9-3-4-12(22-8-10-2-1-5-21-10)11(6-9)17-7-13(19)18-14(16)20/h3-4,6,10,17H,1-2,5,7-8H2,(H3,16,18,19,20)/t10-/m0/s1. The quantitative estimate of drug-likeness (QED) is 0.735. The van der Waals surface area contributed by atoms with Crippen molar-refractivity contribution in [2.24, 2.45) is 5.73 Å². The van der Waals surface area contributed by atoms with Gasteiger partial charge in [0.15, 0.2) is 0 Å². The van der Waals surface area contributed by atoms with Crippen molar-refractivity contribution in [2.45, 2.75) is 18.9 Å². The maximum atomic E-state index is 11.4. The average molecular weight is 328 g/mol. The van der Waals surface area contributed by atoms with Crippen LogP contribution in [-0.2, 0) is 9.53 Å². The topological polar surface area (TPSA) is 103 Å². The molecule has 1 saturated heterocycles. The van der Waals surface area contributed by atoms with Crippen LogP contribution in [0.5, 0.6) is 5.75 Å². The molecule has 0 bridgehead atoms. The van der Waals surface area contributed by atoms with Gasteiger partial charge in [0.05, 0.1) is 18.3 Å².